The molecule has 0 saturated carbocycles. The number of hydrogen-bond acceptors (Lipinski definition) is 5. The lowest BCUT2D eigenvalue weighted by Gasteiger charge is -2.34. The molecule has 0 aliphatic carbocycles. The van der Waals surface area contributed by atoms with Crippen LogP contribution in [0.15, 0.2) is 24.3 Å². The fourth-order valence-electron chi connectivity index (χ4n) is 2.92. The van der Waals surface area contributed by atoms with E-state index in [2.05, 4.69) is 52.7 Å². The van der Waals surface area contributed by atoms with Crippen molar-refractivity contribution in [1.82, 2.24) is 19.6 Å². The van der Waals surface area contributed by atoms with Gasteiger partial charge in [-0.15, -0.1) is 0 Å². The minimum absolute atomic E-state index is 0.0513. The molecule has 1 saturated heterocycles. The summed E-state index contributed by atoms with van der Waals surface area (Å²) in [4.78, 5) is 20.9. The van der Waals surface area contributed by atoms with Gasteiger partial charge >= 0.3 is 6.03 Å². The third kappa shape index (κ3) is 4.94. The smallest absolute Gasteiger partial charge is 0.317 e. The second-order valence-electron chi connectivity index (χ2n) is 6.72. The molecule has 2 amide bonds. The molecule has 2 heterocycles. The van der Waals surface area contributed by atoms with Crippen LogP contribution in [0.2, 0.25) is 0 Å². The lowest BCUT2D eigenvalue weighted by Crippen LogP contribution is -2.52. The molecule has 0 spiro atoms. The number of nitrogens with zero attached hydrogens (tertiary/aromatic N) is 4. The number of carbonyl (C=O) groups is 1. The Morgan fingerprint density at radius 1 is 1.19 bits per heavy atom. The van der Waals surface area contributed by atoms with Gasteiger partial charge in [0.2, 0.25) is 5.13 Å². The maximum absolute atomic E-state index is 12.1. The molecule has 1 N–H and O–H groups in total. The molecular formula is C19H27N5OS. The number of aromatic nitrogens is 2. The summed E-state index contributed by atoms with van der Waals surface area (Å²) in [5.41, 5.74) is 2.49. The zero-order valence-electron chi connectivity index (χ0n) is 15.6. The molecule has 1 aliphatic rings. The van der Waals surface area contributed by atoms with E-state index >= 15 is 0 Å². The number of rotatable bonds is 6. The lowest BCUT2D eigenvalue weighted by molar-refractivity contribution is 0.194. The number of carbonyl (C=O) groups excluding carboxylic acids is 1. The fourth-order valence-corrected chi connectivity index (χ4v) is 3.65. The zero-order valence-corrected chi connectivity index (χ0v) is 16.4. The molecule has 7 heteroatoms. The van der Waals surface area contributed by atoms with Crippen LogP contribution in [0, 0.1) is 6.92 Å². The van der Waals surface area contributed by atoms with E-state index in [1.54, 1.807) is 0 Å². The summed E-state index contributed by atoms with van der Waals surface area (Å²) in [7, 11) is 0. The van der Waals surface area contributed by atoms with E-state index in [-0.39, 0.29) is 6.03 Å². The van der Waals surface area contributed by atoms with Gasteiger partial charge in [-0.2, -0.15) is 4.37 Å². The Labute approximate surface area is 159 Å². The summed E-state index contributed by atoms with van der Waals surface area (Å²) >= 11 is 1.45. The van der Waals surface area contributed by atoms with Crippen LogP contribution < -0.4 is 10.2 Å². The third-order valence-corrected chi connectivity index (χ3v) is 5.40. The largest absolute Gasteiger partial charge is 0.343 e. The van der Waals surface area contributed by atoms with Crippen molar-refractivity contribution >= 4 is 22.7 Å². The van der Waals surface area contributed by atoms with Crippen LogP contribution in [0.25, 0.3) is 0 Å². The Bertz CT molecular complexity index is 707. The average Bonchev–Trinajstić information content (AvgIpc) is 3.12. The van der Waals surface area contributed by atoms with Crippen LogP contribution in [0.3, 0.4) is 0 Å². The van der Waals surface area contributed by atoms with E-state index < -0.39 is 0 Å². The van der Waals surface area contributed by atoms with Crippen molar-refractivity contribution in [1.29, 1.82) is 0 Å². The topological polar surface area (TPSA) is 61.4 Å². The summed E-state index contributed by atoms with van der Waals surface area (Å²) in [6, 6.07) is 8.55. The number of unbranched alkanes of at least 4 members (excludes halogenated alkanes) is 1. The van der Waals surface area contributed by atoms with Crippen molar-refractivity contribution in [2.45, 2.75) is 33.1 Å². The first kappa shape index (κ1) is 18.6. The van der Waals surface area contributed by atoms with Gasteiger partial charge in [0.25, 0.3) is 0 Å². The molecule has 0 radical (unpaired) electrons. The molecule has 0 bridgehead atoms. The Kier molecular flexibility index (Phi) is 6.44. The molecule has 6 nitrogen and oxygen atoms in total. The van der Waals surface area contributed by atoms with Gasteiger partial charge in [-0.3, -0.25) is 0 Å². The molecule has 1 aliphatic heterocycles. The number of nitrogens with one attached hydrogen (secondary N) is 1. The first-order valence-electron chi connectivity index (χ1n) is 9.31. The van der Waals surface area contributed by atoms with Gasteiger partial charge in [0.15, 0.2) is 0 Å². The van der Waals surface area contributed by atoms with Gasteiger partial charge in [-0.05, 0) is 18.9 Å². The lowest BCUT2D eigenvalue weighted by atomic mass is 10.1. The summed E-state index contributed by atoms with van der Waals surface area (Å²) in [6.45, 7) is 8.04. The maximum atomic E-state index is 12.1. The molecular weight excluding hydrogens is 346 g/mol. The minimum atomic E-state index is 0.0513. The van der Waals surface area contributed by atoms with Gasteiger partial charge in [0.1, 0.15) is 5.82 Å². The fraction of sp³-hybridized carbons (Fsp3) is 0.526. The second-order valence-corrected chi connectivity index (χ2v) is 7.45. The highest BCUT2D eigenvalue weighted by atomic mass is 32.1. The monoisotopic (exact) mass is 373 g/mol. The molecule has 3 rings (SSSR count). The summed E-state index contributed by atoms with van der Waals surface area (Å²) < 4.78 is 4.51. The third-order valence-electron chi connectivity index (χ3n) is 4.58. The number of benzene rings is 1. The van der Waals surface area contributed by atoms with Crippen LogP contribution in [0.5, 0.6) is 0 Å². The van der Waals surface area contributed by atoms with Gasteiger partial charge in [-0.25, -0.2) is 9.78 Å². The molecule has 2 aromatic rings. The Morgan fingerprint density at radius 3 is 2.62 bits per heavy atom. The summed E-state index contributed by atoms with van der Waals surface area (Å²) in [5.74, 6) is 0.869. The average molecular weight is 374 g/mol. The molecule has 0 atom stereocenters. The number of hydrogen-bond donors (Lipinski definition) is 1. The Morgan fingerprint density at radius 2 is 1.92 bits per heavy atom. The molecule has 0 unspecified atom stereocenters. The highest BCUT2D eigenvalue weighted by Gasteiger charge is 2.23. The number of anilines is 1. The SMILES string of the molecule is CCCCNC(=O)N1CCN(c2nc(Cc3ccc(C)cc3)ns2)CC1. The predicted molar refractivity (Wildman–Crippen MR) is 106 cm³/mol. The number of amides is 2. The normalized spacial score (nSPS) is 14.5. The highest BCUT2D eigenvalue weighted by Crippen LogP contribution is 2.20. The van der Waals surface area contributed by atoms with Crippen LogP contribution >= 0.6 is 11.5 Å². The van der Waals surface area contributed by atoms with Crippen LogP contribution in [0.4, 0.5) is 9.93 Å². The van der Waals surface area contributed by atoms with E-state index in [9.17, 15) is 4.79 Å². The molecule has 1 aromatic heterocycles. The van der Waals surface area contributed by atoms with Crippen molar-refractivity contribution < 1.29 is 4.79 Å². The number of aryl methyl sites for hydroxylation is 1. The predicted octanol–water partition coefficient (Wildman–Crippen LogP) is 3.07. The first-order valence-corrected chi connectivity index (χ1v) is 10.1. The van der Waals surface area contributed by atoms with E-state index in [4.69, 9.17) is 4.98 Å². The quantitative estimate of drug-likeness (QED) is 0.791. The van der Waals surface area contributed by atoms with Gasteiger partial charge in [0.05, 0.1) is 0 Å². The zero-order chi connectivity index (χ0) is 18.4. The van der Waals surface area contributed by atoms with Crippen molar-refractivity contribution in [3.05, 3.63) is 41.2 Å². The van der Waals surface area contributed by atoms with Gasteiger partial charge in [0, 0.05) is 50.7 Å². The van der Waals surface area contributed by atoms with Gasteiger partial charge < -0.3 is 15.1 Å². The standard InChI is InChI=1S/C19H27N5OS/c1-3-4-9-20-18(25)23-10-12-24(13-11-23)19-21-17(22-26-19)14-16-7-5-15(2)6-8-16/h5-8H,3-4,9-14H2,1-2H3,(H,20,25). The molecule has 1 aromatic carbocycles. The molecule has 140 valence electrons. The van der Waals surface area contributed by atoms with Gasteiger partial charge in [-0.1, -0.05) is 43.2 Å². The first-order chi connectivity index (χ1) is 12.7. The van der Waals surface area contributed by atoms with E-state index in [0.29, 0.717) is 0 Å². The van der Waals surface area contributed by atoms with Crippen LogP contribution in [-0.4, -0.2) is 53.0 Å². The summed E-state index contributed by atoms with van der Waals surface area (Å²) in [5, 5.41) is 3.94. The van der Waals surface area contributed by atoms with Crippen molar-refractivity contribution in [2.24, 2.45) is 0 Å². The van der Waals surface area contributed by atoms with Crippen LogP contribution in [-0.2, 0) is 6.42 Å². The Balaban J connectivity index is 1.50. The number of piperazine rings is 1. The van der Waals surface area contributed by atoms with Crippen molar-refractivity contribution in [3.63, 3.8) is 0 Å². The van der Waals surface area contributed by atoms with E-state index in [1.807, 2.05) is 4.90 Å². The maximum Gasteiger partial charge on any atom is 0.317 e. The second kappa shape index (κ2) is 8.98. The van der Waals surface area contributed by atoms with Crippen molar-refractivity contribution in [2.75, 3.05) is 37.6 Å². The molecule has 26 heavy (non-hydrogen) atoms. The highest BCUT2D eigenvalue weighted by molar-refractivity contribution is 7.09. The van der Waals surface area contributed by atoms with Crippen LogP contribution in [0.1, 0.15) is 36.7 Å². The number of urea groups is 1. The Hall–Kier alpha value is -2.15. The molecule has 1 fully saturated rings. The van der Waals surface area contributed by atoms with E-state index in [0.717, 1.165) is 62.9 Å². The summed E-state index contributed by atoms with van der Waals surface area (Å²) in [6.07, 6.45) is 2.88. The van der Waals surface area contributed by atoms with Crippen molar-refractivity contribution in [3.8, 4) is 0 Å². The van der Waals surface area contributed by atoms with E-state index in [1.165, 1.54) is 22.7 Å². The minimum Gasteiger partial charge on any atom is -0.343 e.